The van der Waals surface area contributed by atoms with E-state index in [4.69, 9.17) is 5.73 Å². The molecular weight excluding hydrogens is 560 g/mol. The van der Waals surface area contributed by atoms with Crippen LogP contribution in [0.25, 0.3) is 43.6 Å². The minimum absolute atomic E-state index is 0.349. The summed E-state index contributed by atoms with van der Waals surface area (Å²) in [6.07, 6.45) is 1.03. The summed E-state index contributed by atoms with van der Waals surface area (Å²) in [6, 6.07) is 21.6. The molecule has 2 amide bonds. The molecule has 0 bridgehead atoms. The lowest BCUT2D eigenvalue weighted by Gasteiger charge is -2.31. The average Bonchev–Trinajstić information content (AvgIpc) is 3.03. The van der Waals surface area contributed by atoms with Gasteiger partial charge in [-0.2, -0.15) is 0 Å². The van der Waals surface area contributed by atoms with Gasteiger partial charge in [0.1, 0.15) is 11.6 Å². The predicted octanol–water partition coefficient (Wildman–Crippen LogP) is 6.41. The third kappa shape index (κ3) is 5.54. The Hall–Kier alpha value is -5.02. The summed E-state index contributed by atoms with van der Waals surface area (Å²) >= 11 is 0. The number of aromatic nitrogens is 2. The van der Waals surface area contributed by atoms with E-state index in [-0.39, 0.29) is 11.8 Å². The summed E-state index contributed by atoms with van der Waals surface area (Å²) in [5.41, 5.74) is 9.23. The Morgan fingerprint density at radius 2 is 1.09 bits per heavy atom. The summed E-state index contributed by atoms with van der Waals surface area (Å²) in [5, 5.41) is 9.14. The van der Waals surface area contributed by atoms with Crippen molar-refractivity contribution in [3.05, 3.63) is 108 Å². The number of pyridine rings is 2. The van der Waals surface area contributed by atoms with Gasteiger partial charge in [-0.3, -0.25) is 9.59 Å². The second-order valence-electron chi connectivity index (χ2n) is 11.0. The third-order valence-electron chi connectivity index (χ3n) is 8.14. The predicted molar refractivity (Wildman–Crippen MR) is 169 cm³/mol. The first-order valence-corrected chi connectivity index (χ1v) is 14.6. The van der Waals surface area contributed by atoms with Crippen LogP contribution in [0.15, 0.2) is 84.9 Å². The Bertz CT molecular complexity index is 1920. The number of nitrogens with two attached hydrogens (primary N) is 1. The molecule has 6 aromatic rings. The van der Waals surface area contributed by atoms with Crippen molar-refractivity contribution in [3.63, 3.8) is 0 Å². The van der Waals surface area contributed by atoms with Crippen LogP contribution in [0.1, 0.15) is 47.4 Å². The highest BCUT2D eigenvalue weighted by Crippen LogP contribution is 2.25. The second-order valence-corrected chi connectivity index (χ2v) is 11.0. The highest BCUT2D eigenvalue weighted by atomic mass is 19.1. The zero-order valence-electron chi connectivity index (χ0n) is 24.3. The van der Waals surface area contributed by atoms with E-state index in [9.17, 15) is 18.4 Å². The first kappa shape index (κ1) is 29.1. The van der Waals surface area contributed by atoms with Gasteiger partial charge in [-0.15, -0.1) is 0 Å². The van der Waals surface area contributed by atoms with Crippen LogP contribution in [-0.4, -0.2) is 39.9 Å². The van der Waals surface area contributed by atoms with Gasteiger partial charge in [0.25, 0.3) is 11.8 Å². The molecule has 0 aliphatic heterocycles. The van der Waals surface area contributed by atoms with Crippen molar-refractivity contribution in [2.45, 2.75) is 44.8 Å². The summed E-state index contributed by atoms with van der Waals surface area (Å²) < 4.78 is 27.8. The minimum Gasteiger partial charge on any atom is -0.348 e. The molecule has 0 aliphatic carbocycles. The SMILES string of the molecule is CCC(NC(=O)c1cccc2cc3ccc(F)cc3nc12)C(N)C(CC)NC(=O)c1cccc2cc3ccc(F)cc3nc12. The van der Waals surface area contributed by atoms with Crippen LogP contribution >= 0.6 is 0 Å². The summed E-state index contributed by atoms with van der Waals surface area (Å²) in [4.78, 5) is 36.3. The fourth-order valence-electron chi connectivity index (χ4n) is 5.73. The Kier molecular flexibility index (Phi) is 7.88. The van der Waals surface area contributed by atoms with E-state index in [1.54, 1.807) is 36.4 Å². The van der Waals surface area contributed by atoms with Gasteiger partial charge in [0.15, 0.2) is 0 Å². The number of para-hydroxylation sites is 2. The maximum absolute atomic E-state index is 13.9. The fourth-order valence-corrected chi connectivity index (χ4v) is 5.73. The molecule has 222 valence electrons. The minimum atomic E-state index is -0.617. The molecule has 9 heteroatoms. The lowest BCUT2D eigenvalue weighted by atomic mass is 9.95. The number of nitrogens with zero attached hydrogens (tertiary/aromatic N) is 2. The molecule has 4 N–H and O–H groups in total. The lowest BCUT2D eigenvalue weighted by Crippen LogP contribution is -2.58. The van der Waals surface area contributed by atoms with Crippen LogP contribution in [0.2, 0.25) is 0 Å². The Labute approximate surface area is 252 Å². The van der Waals surface area contributed by atoms with E-state index in [0.717, 1.165) is 21.5 Å². The molecule has 2 aromatic heterocycles. The number of amides is 2. The van der Waals surface area contributed by atoms with Crippen molar-refractivity contribution < 1.29 is 18.4 Å². The maximum Gasteiger partial charge on any atom is 0.253 e. The van der Waals surface area contributed by atoms with E-state index in [1.165, 1.54) is 24.3 Å². The van der Waals surface area contributed by atoms with E-state index < -0.39 is 29.8 Å². The third-order valence-corrected chi connectivity index (χ3v) is 8.14. The molecule has 2 unspecified atom stereocenters. The van der Waals surface area contributed by atoms with Gasteiger partial charge in [0.2, 0.25) is 0 Å². The first-order chi connectivity index (χ1) is 21.2. The fraction of sp³-hybridized carbons (Fsp3) is 0.200. The normalized spacial score (nSPS) is 13.7. The number of fused-ring (bicyclic) bond motifs is 4. The molecule has 44 heavy (non-hydrogen) atoms. The smallest absolute Gasteiger partial charge is 0.253 e. The number of nitrogens with one attached hydrogen (secondary N) is 2. The molecule has 0 spiro atoms. The van der Waals surface area contributed by atoms with E-state index in [2.05, 4.69) is 20.6 Å². The standard InChI is InChI=1S/C35H31F2N5O2/c1-3-27(41-34(43)25-9-5-7-21-15-19-11-13-23(36)17-29(19)39-32(21)25)31(38)28(4-2)42-35(44)26-10-6-8-22-16-20-12-14-24(37)18-30(20)40-33(22)26/h5-18,27-28,31H,3-4,38H2,1-2H3,(H,41,43)(H,42,44). The number of carbonyl (C=O) groups is 2. The van der Waals surface area contributed by atoms with Crippen LogP contribution in [0, 0.1) is 11.6 Å². The zero-order chi connectivity index (χ0) is 31.0. The Morgan fingerprint density at radius 1 is 0.659 bits per heavy atom. The maximum atomic E-state index is 13.9. The van der Waals surface area contributed by atoms with Gasteiger partial charge in [-0.05, 0) is 61.4 Å². The van der Waals surface area contributed by atoms with Crippen molar-refractivity contribution in [2.75, 3.05) is 0 Å². The van der Waals surface area contributed by atoms with Gasteiger partial charge in [0.05, 0.1) is 33.2 Å². The van der Waals surface area contributed by atoms with Crippen LogP contribution in [0.5, 0.6) is 0 Å². The Balaban J connectivity index is 1.24. The molecule has 2 atom stereocenters. The number of carbonyl (C=O) groups excluding carboxylic acids is 2. The molecular formula is C35H31F2N5O2. The molecule has 0 fully saturated rings. The largest absolute Gasteiger partial charge is 0.348 e. The molecule has 4 aromatic carbocycles. The molecule has 0 radical (unpaired) electrons. The van der Waals surface area contributed by atoms with E-state index in [0.29, 0.717) is 46.0 Å². The van der Waals surface area contributed by atoms with Crippen LogP contribution in [-0.2, 0) is 0 Å². The van der Waals surface area contributed by atoms with Crippen molar-refractivity contribution >= 4 is 55.4 Å². The van der Waals surface area contributed by atoms with Gasteiger partial charge in [-0.25, -0.2) is 18.7 Å². The van der Waals surface area contributed by atoms with Crippen molar-refractivity contribution in [1.82, 2.24) is 20.6 Å². The highest BCUT2D eigenvalue weighted by Gasteiger charge is 2.28. The number of hydrogen-bond acceptors (Lipinski definition) is 5. The lowest BCUT2D eigenvalue weighted by molar-refractivity contribution is 0.0909. The van der Waals surface area contributed by atoms with Crippen LogP contribution < -0.4 is 16.4 Å². The van der Waals surface area contributed by atoms with Gasteiger partial charge in [-0.1, -0.05) is 38.1 Å². The topological polar surface area (TPSA) is 110 Å². The van der Waals surface area contributed by atoms with Gasteiger partial charge in [0, 0.05) is 51.8 Å². The molecule has 0 saturated heterocycles. The van der Waals surface area contributed by atoms with Crippen LogP contribution in [0.4, 0.5) is 8.78 Å². The highest BCUT2D eigenvalue weighted by molar-refractivity contribution is 6.09. The number of benzene rings is 4. The molecule has 0 aliphatic rings. The summed E-state index contributed by atoms with van der Waals surface area (Å²) in [5.74, 6) is -1.53. The van der Waals surface area contributed by atoms with Gasteiger partial charge >= 0.3 is 0 Å². The number of rotatable bonds is 8. The van der Waals surface area contributed by atoms with Crippen molar-refractivity contribution in [2.24, 2.45) is 5.73 Å². The van der Waals surface area contributed by atoms with Crippen molar-refractivity contribution in [3.8, 4) is 0 Å². The average molecular weight is 592 g/mol. The van der Waals surface area contributed by atoms with Gasteiger partial charge < -0.3 is 16.4 Å². The van der Waals surface area contributed by atoms with E-state index in [1.807, 2.05) is 38.1 Å². The first-order valence-electron chi connectivity index (χ1n) is 14.6. The summed E-state index contributed by atoms with van der Waals surface area (Å²) in [6.45, 7) is 3.83. The van der Waals surface area contributed by atoms with E-state index >= 15 is 0 Å². The molecule has 7 nitrogen and oxygen atoms in total. The molecule has 2 heterocycles. The summed E-state index contributed by atoms with van der Waals surface area (Å²) in [7, 11) is 0. The number of hydrogen-bond donors (Lipinski definition) is 3. The Morgan fingerprint density at radius 3 is 1.50 bits per heavy atom. The van der Waals surface area contributed by atoms with Crippen LogP contribution in [0.3, 0.4) is 0 Å². The zero-order valence-corrected chi connectivity index (χ0v) is 24.3. The molecule has 6 rings (SSSR count). The number of halogens is 2. The quantitative estimate of drug-likeness (QED) is 0.177. The van der Waals surface area contributed by atoms with Crippen molar-refractivity contribution in [1.29, 1.82) is 0 Å². The molecule has 0 saturated carbocycles. The monoisotopic (exact) mass is 591 g/mol. The second kappa shape index (κ2) is 11.9.